The summed E-state index contributed by atoms with van der Waals surface area (Å²) >= 11 is 0. The van der Waals surface area contributed by atoms with E-state index in [4.69, 9.17) is 4.74 Å². The maximum absolute atomic E-state index is 5.81. The summed E-state index contributed by atoms with van der Waals surface area (Å²) in [6.07, 6.45) is 5.97. The van der Waals surface area contributed by atoms with E-state index in [0.717, 1.165) is 6.61 Å². The third-order valence-corrected chi connectivity index (χ3v) is 3.99. The van der Waals surface area contributed by atoms with Crippen molar-refractivity contribution in [2.24, 2.45) is 10.8 Å². The number of hydrogen-bond donors (Lipinski definition) is 0. The van der Waals surface area contributed by atoms with Crippen molar-refractivity contribution < 1.29 is 4.74 Å². The van der Waals surface area contributed by atoms with Gasteiger partial charge in [0.25, 0.3) is 0 Å². The van der Waals surface area contributed by atoms with E-state index in [1.165, 1.54) is 25.7 Å². The highest BCUT2D eigenvalue weighted by atomic mass is 16.5. The van der Waals surface area contributed by atoms with Gasteiger partial charge < -0.3 is 4.74 Å². The molecule has 1 saturated heterocycles. The molecule has 0 spiro atoms. The first-order valence-corrected chi connectivity index (χ1v) is 5.15. The summed E-state index contributed by atoms with van der Waals surface area (Å²) < 4.78 is 5.81. The molecule has 2 unspecified atom stereocenters. The van der Waals surface area contributed by atoms with Crippen LogP contribution in [-0.4, -0.2) is 12.7 Å². The van der Waals surface area contributed by atoms with Gasteiger partial charge in [-0.2, -0.15) is 0 Å². The molecule has 2 fully saturated rings. The maximum Gasteiger partial charge on any atom is 0.0581 e. The molecule has 2 bridgehead atoms. The van der Waals surface area contributed by atoms with Crippen molar-refractivity contribution in [3.63, 3.8) is 0 Å². The van der Waals surface area contributed by atoms with Gasteiger partial charge in [0.15, 0.2) is 0 Å². The lowest BCUT2D eigenvalue weighted by Gasteiger charge is -2.42. The minimum atomic E-state index is 0.433. The monoisotopic (exact) mass is 168 g/mol. The van der Waals surface area contributed by atoms with Crippen molar-refractivity contribution in [2.75, 3.05) is 6.61 Å². The summed E-state index contributed by atoms with van der Waals surface area (Å²) in [6, 6.07) is 0. The average molecular weight is 168 g/mol. The van der Waals surface area contributed by atoms with Gasteiger partial charge in [0.05, 0.1) is 12.7 Å². The van der Waals surface area contributed by atoms with Crippen molar-refractivity contribution in [3.05, 3.63) is 0 Å². The molecule has 0 aromatic rings. The van der Waals surface area contributed by atoms with Gasteiger partial charge in [0.1, 0.15) is 0 Å². The lowest BCUT2D eigenvalue weighted by atomic mass is 9.61. The summed E-state index contributed by atoms with van der Waals surface area (Å²) in [5.74, 6) is 0. The van der Waals surface area contributed by atoms with Crippen LogP contribution in [0, 0.1) is 10.8 Å². The Labute approximate surface area is 75.5 Å². The second-order valence-corrected chi connectivity index (χ2v) is 5.56. The van der Waals surface area contributed by atoms with Crippen LogP contribution in [0.15, 0.2) is 0 Å². The molecule has 2 rings (SSSR count). The zero-order valence-corrected chi connectivity index (χ0v) is 8.52. The smallest absolute Gasteiger partial charge is 0.0581 e. The molecule has 0 aromatic heterocycles. The molecule has 1 heterocycles. The van der Waals surface area contributed by atoms with E-state index in [1.807, 2.05) is 0 Å². The van der Waals surface area contributed by atoms with E-state index < -0.39 is 0 Å². The van der Waals surface area contributed by atoms with Crippen LogP contribution in [0.4, 0.5) is 0 Å². The third-order valence-electron chi connectivity index (χ3n) is 3.99. The molecule has 12 heavy (non-hydrogen) atoms. The fourth-order valence-electron chi connectivity index (χ4n) is 2.76. The van der Waals surface area contributed by atoms with E-state index in [2.05, 4.69) is 20.8 Å². The Balaban J connectivity index is 2.21. The van der Waals surface area contributed by atoms with Gasteiger partial charge in [-0.1, -0.05) is 27.2 Å². The predicted molar refractivity (Wildman–Crippen MR) is 50.1 cm³/mol. The van der Waals surface area contributed by atoms with Crippen LogP contribution in [0.25, 0.3) is 0 Å². The van der Waals surface area contributed by atoms with E-state index in [0.29, 0.717) is 16.9 Å². The van der Waals surface area contributed by atoms with E-state index >= 15 is 0 Å². The summed E-state index contributed by atoms with van der Waals surface area (Å²) in [4.78, 5) is 0. The Kier molecular flexibility index (Phi) is 1.76. The molecular formula is C11H20O. The Morgan fingerprint density at radius 2 is 2.08 bits per heavy atom. The molecule has 0 radical (unpaired) electrons. The Morgan fingerprint density at radius 3 is 2.67 bits per heavy atom. The van der Waals surface area contributed by atoms with Crippen molar-refractivity contribution in [3.8, 4) is 0 Å². The topological polar surface area (TPSA) is 9.23 Å². The van der Waals surface area contributed by atoms with Crippen LogP contribution in [0.3, 0.4) is 0 Å². The van der Waals surface area contributed by atoms with Gasteiger partial charge in [-0.25, -0.2) is 0 Å². The fraction of sp³-hybridized carbons (Fsp3) is 1.00. The molecule has 1 saturated carbocycles. The molecule has 0 aromatic carbocycles. The summed E-state index contributed by atoms with van der Waals surface area (Å²) in [5, 5.41) is 0. The van der Waals surface area contributed by atoms with Gasteiger partial charge in [-0.15, -0.1) is 0 Å². The summed E-state index contributed by atoms with van der Waals surface area (Å²) in [7, 11) is 0. The second kappa shape index (κ2) is 2.47. The lowest BCUT2D eigenvalue weighted by molar-refractivity contribution is 0.0565. The maximum atomic E-state index is 5.81. The zero-order valence-electron chi connectivity index (χ0n) is 8.52. The van der Waals surface area contributed by atoms with Crippen LogP contribution in [0.5, 0.6) is 0 Å². The Morgan fingerprint density at radius 1 is 1.33 bits per heavy atom. The quantitative estimate of drug-likeness (QED) is 0.540. The Hall–Kier alpha value is -0.0400. The minimum Gasteiger partial charge on any atom is -0.378 e. The van der Waals surface area contributed by atoms with Crippen molar-refractivity contribution in [1.29, 1.82) is 0 Å². The van der Waals surface area contributed by atoms with Gasteiger partial charge in [-0.05, 0) is 24.7 Å². The molecule has 0 N–H and O–H groups in total. The lowest BCUT2D eigenvalue weighted by Crippen LogP contribution is -2.38. The van der Waals surface area contributed by atoms with Crippen LogP contribution < -0.4 is 0 Å². The Bertz CT molecular complexity index is 176. The molecule has 2 aliphatic rings. The van der Waals surface area contributed by atoms with Crippen LogP contribution in [0.1, 0.15) is 46.5 Å². The predicted octanol–water partition coefficient (Wildman–Crippen LogP) is 2.99. The van der Waals surface area contributed by atoms with Crippen molar-refractivity contribution in [1.82, 2.24) is 0 Å². The first-order chi connectivity index (χ1) is 5.54. The molecular weight excluding hydrogens is 148 g/mol. The van der Waals surface area contributed by atoms with Crippen LogP contribution in [0.2, 0.25) is 0 Å². The van der Waals surface area contributed by atoms with Crippen LogP contribution >= 0.6 is 0 Å². The minimum absolute atomic E-state index is 0.433. The van der Waals surface area contributed by atoms with Gasteiger partial charge in [-0.3, -0.25) is 0 Å². The largest absolute Gasteiger partial charge is 0.378 e. The molecule has 1 heteroatoms. The highest BCUT2D eigenvalue weighted by Gasteiger charge is 2.49. The number of hydrogen-bond acceptors (Lipinski definition) is 1. The molecule has 0 amide bonds. The molecule has 1 nitrogen and oxygen atoms in total. The number of rotatable bonds is 0. The molecule has 70 valence electrons. The number of ether oxygens (including phenoxy) is 1. The molecule has 1 aliphatic heterocycles. The van der Waals surface area contributed by atoms with Crippen LogP contribution in [-0.2, 0) is 4.74 Å². The van der Waals surface area contributed by atoms with Crippen molar-refractivity contribution >= 4 is 0 Å². The molecule has 1 aliphatic carbocycles. The SMILES string of the molecule is CC(C)(C)C12CCCC(C1)OC2. The fourth-order valence-corrected chi connectivity index (χ4v) is 2.76. The van der Waals surface area contributed by atoms with E-state index in [9.17, 15) is 0 Å². The third kappa shape index (κ3) is 1.10. The van der Waals surface area contributed by atoms with E-state index in [1.54, 1.807) is 0 Å². The van der Waals surface area contributed by atoms with Gasteiger partial charge in [0, 0.05) is 5.41 Å². The molecule has 2 atom stereocenters. The summed E-state index contributed by atoms with van der Waals surface area (Å²) in [5.41, 5.74) is 0.943. The van der Waals surface area contributed by atoms with Crippen molar-refractivity contribution in [2.45, 2.75) is 52.6 Å². The summed E-state index contributed by atoms with van der Waals surface area (Å²) in [6.45, 7) is 8.11. The first-order valence-electron chi connectivity index (χ1n) is 5.15. The second-order valence-electron chi connectivity index (χ2n) is 5.56. The average Bonchev–Trinajstić information content (AvgIpc) is 2.27. The first kappa shape index (κ1) is 8.55. The highest BCUT2D eigenvalue weighted by molar-refractivity contribution is 4.98. The number of fused-ring (bicyclic) bond motifs is 2. The highest BCUT2D eigenvalue weighted by Crippen LogP contribution is 2.54. The standard InChI is InChI=1S/C11H20O/c1-10(2,3)11-6-4-5-9(7-11)12-8-11/h9H,4-8H2,1-3H3. The van der Waals surface area contributed by atoms with E-state index in [-0.39, 0.29) is 0 Å². The normalized spacial score (nSPS) is 41.8. The van der Waals surface area contributed by atoms with Gasteiger partial charge >= 0.3 is 0 Å². The zero-order chi connectivity index (χ0) is 8.82. The van der Waals surface area contributed by atoms with Gasteiger partial charge in [0.2, 0.25) is 0 Å².